The number of H-pyrrole nitrogens is 1. The van der Waals surface area contributed by atoms with Gasteiger partial charge >= 0.3 is 6.18 Å². The van der Waals surface area contributed by atoms with Crippen LogP contribution in [0, 0.1) is 0 Å². The molecule has 3 rings (SSSR count). The summed E-state index contributed by atoms with van der Waals surface area (Å²) in [5.41, 5.74) is 0.00471. The summed E-state index contributed by atoms with van der Waals surface area (Å²) < 4.78 is 38.2. The summed E-state index contributed by atoms with van der Waals surface area (Å²) in [4.78, 5) is 5.90. The average molecular weight is 296 g/mol. The highest BCUT2D eigenvalue weighted by Crippen LogP contribution is 2.34. The molecule has 3 heterocycles. The molecule has 21 heavy (non-hydrogen) atoms. The highest BCUT2D eigenvalue weighted by atomic mass is 19.4. The van der Waals surface area contributed by atoms with E-state index >= 15 is 0 Å². The summed E-state index contributed by atoms with van der Waals surface area (Å²) in [5.74, 6) is 1.08. The van der Waals surface area contributed by atoms with Crippen molar-refractivity contribution in [2.45, 2.75) is 24.9 Å². The van der Waals surface area contributed by atoms with Gasteiger partial charge in [0, 0.05) is 31.5 Å². The Morgan fingerprint density at radius 1 is 1.19 bits per heavy atom. The molecule has 1 saturated heterocycles. The quantitative estimate of drug-likeness (QED) is 0.925. The minimum Gasteiger partial charge on any atom is -0.357 e. The van der Waals surface area contributed by atoms with Crippen LogP contribution < -0.4 is 4.90 Å². The van der Waals surface area contributed by atoms with E-state index in [1.165, 1.54) is 6.07 Å². The summed E-state index contributed by atoms with van der Waals surface area (Å²) in [7, 11) is 0. The minimum atomic E-state index is -4.33. The van der Waals surface area contributed by atoms with Crippen LogP contribution in [0.25, 0.3) is 0 Å². The predicted molar refractivity (Wildman–Crippen MR) is 72.0 cm³/mol. The van der Waals surface area contributed by atoms with Crippen LogP contribution in [-0.2, 0) is 6.18 Å². The Balaban J connectivity index is 1.70. The molecule has 1 N–H and O–H groups in total. The Labute approximate surface area is 120 Å². The molecule has 1 aliphatic heterocycles. The van der Waals surface area contributed by atoms with E-state index in [9.17, 15) is 13.2 Å². The highest BCUT2D eigenvalue weighted by molar-refractivity contribution is 5.37. The van der Waals surface area contributed by atoms with E-state index in [1.807, 2.05) is 6.07 Å². The summed E-state index contributed by atoms with van der Waals surface area (Å²) in [6.07, 6.45) is 1.40. The SMILES string of the molecule is FC(F)(F)c1cncc(C2CCN(c3ccn[nH]3)CC2)c1. The van der Waals surface area contributed by atoms with Crippen molar-refractivity contribution in [3.63, 3.8) is 0 Å². The van der Waals surface area contributed by atoms with Crippen molar-refractivity contribution < 1.29 is 13.2 Å². The predicted octanol–water partition coefficient (Wildman–Crippen LogP) is 3.21. The van der Waals surface area contributed by atoms with Crippen LogP contribution in [-0.4, -0.2) is 28.3 Å². The summed E-state index contributed by atoms with van der Waals surface area (Å²) in [6, 6.07) is 3.12. The van der Waals surface area contributed by atoms with Crippen LogP contribution in [0.5, 0.6) is 0 Å². The maximum Gasteiger partial charge on any atom is 0.417 e. The zero-order chi connectivity index (χ0) is 14.9. The molecular weight excluding hydrogens is 281 g/mol. The number of rotatable bonds is 2. The molecule has 0 aliphatic carbocycles. The van der Waals surface area contributed by atoms with Gasteiger partial charge in [-0.2, -0.15) is 18.3 Å². The first-order chi connectivity index (χ1) is 10.0. The molecular formula is C14H15F3N4. The van der Waals surface area contributed by atoms with Gasteiger partial charge in [0.2, 0.25) is 0 Å². The van der Waals surface area contributed by atoms with Crippen molar-refractivity contribution in [2.75, 3.05) is 18.0 Å². The molecule has 1 aliphatic rings. The van der Waals surface area contributed by atoms with Crippen molar-refractivity contribution in [3.8, 4) is 0 Å². The topological polar surface area (TPSA) is 44.8 Å². The van der Waals surface area contributed by atoms with Gasteiger partial charge in [0.15, 0.2) is 0 Å². The fourth-order valence-corrected chi connectivity index (χ4v) is 2.71. The molecule has 0 atom stereocenters. The van der Waals surface area contributed by atoms with Crippen LogP contribution in [0.2, 0.25) is 0 Å². The number of nitrogens with one attached hydrogen (secondary N) is 1. The number of anilines is 1. The molecule has 112 valence electrons. The van der Waals surface area contributed by atoms with Gasteiger partial charge in [-0.25, -0.2) is 0 Å². The maximum atomic E-state index is 12.7. The lowest BCUT2D eigenvalue weighted by molar-refractivity contribution is -0.137. The van der Waals surface area contributed by atoms with Crippen molar-refractivity contribution in [3.05, 3.63) is 41.9 Å². The fourth-order valence-electron chi connectivity index (χ4n) is 2.71. The Morgan fingerprint density at radius 2 is 1.95 bits per heavy atom. The molecule has 0 spiro atoms. The second-order valence-electron chi connectivity index (χ2n) is 5.21. The Kier molecular flexibility index (Phi) is 3.57. The fraction of sp³-hybridized carbons (Fsp3) is 0.429. The first kappa shape index (κ1) is 13.9. The third-order valence-corrected chi connectivity index (χ3v) is 3.88. The zero-order valence-corrected chi connectivity index (χ0v) is 11.3. The molecule has 4 nitrogen and oxygen atoms in total. The zero-order valence-electron chi connectivity index (χ0n) is 11.3. The monoisotopic (exact) mass is 296 g/mol. The number of alkyl halides is 3. The molecule has 0 radical (unpaired) electrons. The van der Waals surface area contributed by atoms with Gasteiger partial charge in [-0.15, -0.1) is 0 Å². The van der Waals surface area contributed by atoms with Crippen LogP contribution in [0.3, 0.4) is 0 Å². The Bertz CT molecular complexity index is 587. The first-order valence-corrected chi connectivity index (χ1v) is 6.80. The van der Waals surface area contributed by atoms with Gasteiger partial charge in [-0.1, -0.05) is 0 Å². The van der Waals surface area contributed by atoms with Gasteiger partial charge in [0.1, 0.15) is 5.82 Å². The number of halogens is 3. The molecule has 0 bridgehead atoms. The van der Waals surface area contributed by atoms with E-state index in [0.29, 0.717) is 5.56 Å². The van der Waals surface area contributed by atoms with Crippen LogP contribution in [0.15, 0.2) is 30.7 Å². The lowest BCUT2D eigenvalue weighted by atomic mass is 9.90. The van der Waals surface area contributed by atoms with E-state index in [2.05, 4.69) is 20.1 Å². The average Bonchev–Trinajstić information content (AvgIpc) is 3.01. The number of hydrogen-bond donors (Lipinski definition) is 1. The molecule has 0 unspecified atom stereocenters. The van der Waals surface area contributed by atoms with Crippen molar-refractivity contribution in [1.29, 1.82) is 0 Å². The second-order valence-corrected chi connectivity index (χ2v) is 5.21. The number of aromatic amines is 1. The second kappa shape index (κ2) is 5.38. The lowest BCUT2D eigenvalue weighted by Gasteiger charge is -2.32. The Hall–Kier alpha value is -2.05. The van der Waals surface area contributed by atoms with Crippen molar-refractivity contribution in [1.82, 2.24) is 15.2 Å². The van der Waals surface area contributed by atoms with Gasteiger partial charge < -0.3 is 4.90 Å². The smallest absolute Gasteiger partial charge is 0.357 e. The first-order valence-electron chi connectivity index (χ1n) is 6.80. The van der Waals surface area contributed by atoms with Crippen LogP contribution in [0.1, 0.15) is 29.9 Å². The van der Waals surface area contributed by atoms with Crippen LogP contribution >= 0.6 is 0 Å². The summed E-state index contributed by atoms with van der Waals surface area (Å²) >= 11 is 0. The van der Waals surface area contributed by atoms with E-state index in [4.69, 9.17) is 0 Å². The molecule has 2 aromatic rings. The van der Waals surface area contributed by atoms with Gasteiger partial charge in [0.05, 0.1) is 11.8 Å². The standard InChI is InChI=1S/C14H15F3N4/c15-14(16,17)12-7-11(8-18-9-12)10-2-5-21(6-3-10)13-1-4-19-20-13/h1,4,7-10H,2-3,5-6H2,(H,19,20). The van der Waals surface area contributed by atoms with Crippen molar-refractivity contribution >= 4 is 5.82 Å². The van der Waals surface area contributed by atoms with E-state index in [1.54, 1.807) is 12.4 Å². The maximum absolute atomic E-state index is 12.7. The number of piperidine rings is 1. The third kappa shape index (κ3) is 3.01. The van der Waals surface area contributed by atoms with Gasteiger partial charge in [0.25, 0.3) is 0 Å². The largest absolute Gasteiger partial charge is 0.417 e. The highest BCUT2D eigenvalue weighted by Gasteiger charge is 2.32. The normalized spacial score (nSPS) is 17.2. The molecule has 0 aromatic carbocycles. The van der Waals surface area contributed by atoms with Crippen molar-refractivity contribution in [2.24, 2.45) is 0 Å². The van der Waals surface area contributed by atoms with Crippen LogP contribution in [0.4, 0.5) is 19.0 Å². The van der Waals surface area contributed by atoms with E-state index < -0.39 is 11.7 Å². The summed E-state index contributed by atoms with van der Waals surface area (Å²) in [5, 5.41) is 6.82. The summed E-state index contributed by atoms with van der Waals surface area (Å²) in [6.45, 7) is 1.59. The molecule has 0 amide bonds. The third-order valence-electron chi connectivity index (χ3n) is 3.88. The van der Waals surface area contributed by atoms with Gasteiger partial charge in [-0.3, -0.25) is 10.1 Å². The number of nitrogens with zero attached hydrogens (tertiary/aromatic N) is 3. The minimum absolute atomic E-state index is 0.124. The molecule has 1 fully saturated rings. The molecule has 0 saturated carbocycles. The lowest BCUT2D eigenvalue weighted by Crippen LogP contribution is -2.33. The Morgan fingerprint density at radius 3 is 2.57 bits per heavy atom. The molecule has 2 aromatic heterocycles. The molecule has 7 heteroatoms. The van der Waals surface area contributed by atoms with E-state index in [-0.39, 0.29) is 5.92 Å². The van der Waals surface area contributed by atoms with E-state index in [0.717, 1.165) is 37.9 Å². The number of pyridine rings is 1. The number of aromatic nitrogens is 3. The number of hydrogen-bond acceptors (Lipinski definition) is 3. The van der Waals surface area contributed by atoms with Gasteiger partial charge in [-0.05, 0) is 30.4 Å².